The van der Waals surface area contributed by atoms with Crippen LogP contribution in [0.4, 0.5) is 17.2 Å². The van der Waals surface area contributed by atoms with Gasteiger partial charge in [0.2, 0.25) is 5.91 Å². The van der Waals surface area contributed by atoms with E-state index < -0.39 is 0 Å². The molecule has 3 heterocycles. The number of hydrogen-bond donors (Lipinski definition) is 2. The Labute approximate surface area is 220 Å². The van der Waals surface area contributed by atoms with E-state index in [1.165, 1.54) is 11.0 Å². The van der Waals surface area contributed by atoms with Gasteiger partial charge in [-0.25, -0.2) is 14.6 Å². The number of nitrogens with one attached hydrogen (secondary N) is 2. The summed E-state index contributed by atoms with van der Waals surface area (Å²) in [6.45, 7) is 7.85. The molecule has 11 nitrogen and oxygen atoms in total. The lowest BCUT2D eigenvalue weighted by Gasteiger charge is -2.16. The predicted molar refractivity (Wildman–Crippen MR) is 143 cm³/mol. The molecule has 198 valence electrons. The zero-order chi connectivity index (χ0) is 26.5. The van der Waals surface area contributed by atoms with E-state index in [1.807, 2.05) is 57.2 Å². The summed E-state index contributed by atoms with van der Waals surface area (Å²) in [4.78, 5) is 21.4. The van der Waals surface area contributed by atoms with Crippen LogP contribution in [0.1, 0.15) is 38.8 Å². The normalized spacial score (nSPS) is 15.1. The number of aromatic nitrogens is 5. The molecule has 1 aliphatic heterocycles. The van der Waals surface area contributed by atoms with Crippen molar-refractivity contribution in [3.8, 4) is 11.5 Å². The molecule has 5 rings (SSSR count). The van der Waals surface area contributed by atoms with Crippen LogP contribution in [0.3, 0.4) is 0 Å². The van der Waals surface area contributed by atoms with Crippen LogP contribution in [0.2, 0.25) is 0 Å². The Kier molecular flexibility index (Phi) is 7.64. The molecular weight excluding hydrogens is 486 g/mol. The van der Waals surface area contributed by atoms with Crippen molar-refractivity contribution in [2.75, 3.05) is 30.5 Å². The van der Waals surface area contributed by atoms with Crippen molar-refractivity contribution in [3.05, 3.63) is 54.6 Å². The monoisotopic (exact) mass is 517 g/mol. The molecule has 1 atom stereocenters. The molecule has 0 spiro atoms. The molecule has 4 aromatic rings. The minimum atomic E-state index is -0.184. The highest BCUT2D eigenvalue weighted by molar-refractivity contribution is 5.97. The smallest absolute Gasteiger partial charge is 0.246 e. The van der Waals surface area contributed by atoms with E-state index in [2.05, 4.69) is 30.9 Å². The van der Waals surface area contributed by atoms with Crippen molar-refractivity contribution < 1.29 is 19.0 Å². The third kappa shape index (κ3) is 6.00. The molecule has 2 N–H and O–H groups in total. The summed E-state index contributed by atoms with van der Waals surface area (Å²) in [5.41, 5.74) is 3.03. The number of amides is 1. The first-order valence-electron chi connectivity index (χ1n) is 12.7. The number of fused-ring (bicyclic) bond motifs is 1. The maximum absolute atomic E-state index is 12.5. The van der Waals surface area contributed by atoms with Crippen LogP contribution in [0.25, 0.3) is 10.9 Å². The van der Waals surface area contributed by atoms with E-state index in [-0.39, 0.29) is 24.5 Å². The summed E-state index contributed by atoms with van der Waals surface area (Å²) in [6, 6.07) is 11.1. The lowest BCUT2D eigenvalue weighted by molar-refractivity contribution is -0.116. The molecule has 2 aromatic heterocycles. The average molecular weight is 518 g/mol. The molecule has 1 saturated heterocycles. The fourth-order valence-corrected chi connectivity index (χ4v) is 4.14. The number of carbonyl (C=O) groups is 1. The standard InChI is InChI=1S/C27H31N7O4/c1-4-37-24-12-21(38-20-9-10-36-15-20)11-22-26(24)27(29-16-28-22)31-19-7-5-18(6-8-19)30-25(35)14-34-13-23(17(2)3)32-33-34/h5-8,11-13,16-17,20H,4,9-10,14-15H2,1-3H3,(H,30,35)(H,28,29,31)/t20-/m1/s1. The van der Waals surface area contributed by atoms with Gasteiger partial charge in [-0.1, -0.05) is 19.1 Å². The van der Waals surface area contributed by atoms with Gasteiger partial charge in [0.1, 0.15) is 36.3 Å². The lowest BCUT2D eigenvalue weighted by atomic mass is 10.2. The number of carbonyl (C=O) groups excluding carboxylic acids is 1. The molecular formula is C27H31N7O4. The lowest BCUT2D eigenvalue weighted by Crippen LogP contribution is -2.19. The fraction of sp³-hybridized carbons (Fsp3) is 0.370. The molecule has 1 aliphatic rings. The number of anilines is 3. The van der Waals surface area contributed by atoms with E-state index in [4.69, 9.17) is 14.2 Å². The summed E-state index contributed by atoms with van der Waals surface area (Å²) >= 11 is 0. The second kappa shape index (κ2) is 11.4. The van der Waals surface area contributed by atoms with Crippen LogP contribution < -0.4 is 20.1 Å². The van der Waals surface area contributed by atoms with Gasteiger partial charge in [0, 0.05) is 36.1 Å². The Morgan fingerprint density at radius 3 is 2.71 bits per heavy atom. The Balaban J connectivity index is 1.29. The third-order valence-electron chi connectivity index (χ3n) is 6.05. The maximum Gasteiger partial charge on any atom is 0.246 e. The largest absolute Gasteiger partial charge is 0.493 e. The number of hydrogen-bond acceptors (Lipinski definition) is 9. The SMILES string of the molecule is CCOc1cc(O[C@@H]2CCOC2)cc2ncnc(Nc3ccc(NC(=O)Cn4cc(C(C)C)nn4)cc3)c12. The van der Waals surface area contributed by atoms with Crippen molar-refractivity contribution in [1.82, 2.24) is 25.0 Å². The highest BCUT2D eigenvalue weighted by atomic mass is 16.5. The first-order chi connectivity index (χ1) is 18.5. The van der Waals surface area contributed by atoms with Crippen LogP contribution in [-0.4, -0.2) is 56.8 Å². The topological polar surface area (TPSA) is 125 Å². The molecule has 0 unspecified atom stereocenters. The van der Waals surface area contributed by atoms with Crippen molar-refractivity contribution >= 4 is 34.0 Å². The first kappa shape index (κ1) is 25.4. The van der Waals surface area contributed by atoms with Crippen molar-refractivity contribution in [2.45, 2.75) is 45.8 Å². The second-order valence-corrected chi connectivity index (χ2v) is 9.32. The Hall–Kier alpha value is -4.25. The third-order valence-corrected chi connectivity index (χ3v) is 6.05. The summed E-state index contributed by atoms with van der Waals surface area (Å²) in [5.74, 6) is 2.01. The molecule has 0 bridgehead atoms. The zero-order valence-corrected chi connectivity index (χ0v) is 21.7. The molecule has 0 radical (unpaired) electrons. The van der Waals surface area contributed by atoms with Crippen LogP contribution in [-0.2, 0) is 16.1 Å². The van der Waals surface area contributed by atoms with Crippen LogP contribution in [0.5, 0.6) is 11.5 Å². The molecule has 11 heteroatoms. The fourth-order valence-electron chi connectivity index (χ4n) is 4.14. The highest BCUT2D eigenvalue weighted by Crippen LogP contribution is 2.36. The molecule has 38 heavy (non-hydrogen) atoms. The van der Waals surface area contributed by atoms with Gasteiger partial charge in [0.05, 0.1) is 36.4 Å². The predicted octanol–water partition coefficient (Wildman–Crippen LogP) is 4.29. The number of nitrogens with zero attached hydrogens (tertiary/aromatic N) is 5. The van der Waals surface area contributed by atoms with Gasteiger partial charge in [-0.3, -0.25) is 4.79 Å². The minimum absolute atomic E-state index is 0.0223. The van der Waals surface area contributed by atoms with E-state index in [1.54, 1.807) is 6.20 Å². The van der Waals surface area contributed by atoms with Crippen LogP contribution in [0.15, 0.2) is 48.9 Å². The van der Waals surface area contributed by atoms with Crippen molar-refractivity contribution in [3.63, 3.8) is 0 Å². The van der Waals surface area contributed by atoms with Crippen LogP contribution >= 0.6 is 0 Å². The van der Waals surface area contributed by atoms with Crippen molar-refractivity contribution in [1.29, 1.82) is 0 Å². The Morgan fingerprint density at radius 1 is 1.18 bits per heavy atom. The van der Waals surface area contributed by atoms with Gasteiger partial charge in [-0.2, -0.15) is 0 Å². The second-order valence-electron chi connectivity index (χ2n) is 9.32. The van der Waals surface area contributed by atoms with E-state index in [9.17, 15) is 4.79 Å². The van der Waals surface area contributed by atoms with E-state index >= 15 is 0 Å². The summed E-state index contributed by atoms with van der Waals surface area (Å²) in [6.07, 6.45) is 4.17. The summed E-state index contributed by atoms with van der Waals surface area (Å²) in [7, 11) is 0. The molecule has 0 saturated carbocycles. The molecule has 1 amide bonds. The molecule has 2 aromatic carbocycles. The number of rotatable bonds is 10. The summed E-state index contributed by atoms with van der Waals surface area (Å²) in [5, 5.41) is 15.1. The van der Waals surface area contributed by atoms with Gasteiger partial charge < -0.3 is 24.8 Å². The molecule has 1 fully saturated rings. The summed E-state index contributed by atoms with van der Waals surface area (Å²) < 4.78 is 19.0. The van der Waals surface area contributed by atoms with Gasteiger partial charge in [-0.05, 0) is 37.1 Å². The van der Waals surface area contributed by atoms with Gasteiger partial charge in [-0.15, -0.1) is 5.10 Å². The van der Waals surface area contributed by atoms with Gasteiger partial charge >= 0.3 is 0 Å². The maximum atomic E-state index is 12.5. The Morgan fingerprint density at radius 2 is 2.00 bits per heavy atom. The zero-order valence-electron chi connectivity index (χ0n) is 21.7. The molecule has 0 aliphatic carbocycles. The van der Waals surface area contributed by atoms with E-state index in [0.717, 1.165) is 23.2 Å². The van der Waals surface area contributed by atoms with Crippen LogP contribution in [0, 0.1) is 0 Å². The average Bonchev–Trinajstić information content (AvgIpc) is 3.58. The first-order valence-corrected chi connectivity index (χ1v) is 12.7. The number of ether oxygens (including phenoxy) is 3. The van der Waals surface area contributed by atoms with Gasteiger partial charge in [0.15, 0.2) is 0 Å². The van der Waals surface area contributed by atoms with Crippen molar-refractivity contribution in [2.24, 2.45) is 0 Å². The van der Waals surface area contributed by atoms with E-state index in [0.29, 0.717) is 48.3 Å². The quantitative estimate of drug-likeness (QED) is 0.317. The minimum Gasteiger partial charge on any atom is -0.493 e. The number of benzene rings is 2. The highest BCUT2D eigenvalue weighted by Gasteiger charge is 2.20. The van der Waals surface area contributed by atoms with Gasteiger partial charge in [0.25, 0.3) is 0 Å². The Bertz CT molecular complexity index is 1400.